The van der Waals surface area contributed by atoms with Crippen molar-refractivity contribution in [2.45, 2.75) is 50.6 Å². The number of fused-ring (bicyclic) bond motifs is 1. The Morgan fingerprint density at radius 1 is 1.19 bits per heavy atom. The van der Waals surface area contributed by atoms with Crippen molar-refractivity contribution >= 4 is 27.3 Å². The molecule has 3 N–H and O–H groups in total. The number of benzene rings is 1. The molecule has 1 fully saturated rings. The molecule has 1 saturated carbocycles. The van der Waals surface area contributed by atoms with Gasteiger partial charge in [0.15, 0.2) is 0 Å². The smallest absolute Gasteiger partial charge is 0.239 e. The highest BCUT2D eigenvalue weighted by atomic mass is 32.1. The van der Waals surface area contributed by atoms with Gasteiger partial charge in [-0.25, -0.2) is 0 Å². The van der Waals surface area contributed by atoms with Gasteiger partial charge in [0.1, 0.15) is 6.04 Å². The summed E-state index contributed by atoms with van der Waals surface area (Å²) in [6.07, 6.45) is 7.39. The van der Waals surface area contributed by atoms with Crippen molar-refractivity contribution in [3.05, 3.63) is 35.2 Å². The Morgan fingerprint density at radius 3 is 2.62 bits per heavy atom. The maximum atomic E-state index is 12.0. The van der Waals surface area contributed by atoms with Gasteiger partial charge < -0.3 is 5.73 Å². The van der Waals surface area contributed by atoms with Crippen molar-refractivity contribution in [3.8, 4) is 0 Å². The van der Waals surface area contributed by atoms with E-state index in [1.165, 1.54) is 30.4 Å². The number of nitrogens with one attached hydrogen (secondary N) is 1. The van der Waals surface area contributed by atoms with Crippen LogP contribution in [0.2, 0.25) is 0 Å². The lowest BCUT2D eigenvalue weighted by atomic mass is 10.0. The van der Waals surface area contributed by atoms with E-state index in [1.807, 2.05) is 12.1 Å². The maximum absolute atomic E-state index is 12.0. The van der Waals surface area contributed by atoms with E-state index >= 15 is 0 Å². The number of hydrogen-bond donors (Lipinski definition) is 2. The van der Waals surface area contributed by atoms with Crippen LogP contribution in [0.25, 0.3) is 10.1 Å². The summed E-state index contributed by atoms with van der Waals surface area (Å²) in [5.74, 6) is -0.275. The van der Waals surface area contributed by atoms with Gasteiger partial charge in [-0.05, 0) is 35.2 Å². The maximum Gasteiger partial charge on any atom is 0.239 e. The molecule has 0 radical (unpaired) electrons. The number of hydrogen-bond acceptors (Lipinski definition) is 3. The quantitative estimate of drug-likeness (QED) is 0.845. The number of thiophene rings is 1. The van der Waals surface area contributed by atoms with Crippen LogP contribution in [0.3, 0.4) is 0 Å². The predicted molar refractivity (Wildman–Crippen MR) is 88.4 cm³/mol. The minimum absolute atomic E-state index is 0.275. The molecule has 1 aliphatic rings. The molecule has 2 aromatic rings. The van der Waals surface area contributed by atoms with E-state index in [-0.39, 0.29) is 11.9 Å². The SMILES string of the molecule is NC(=O)C(NC1CCCCCC1)c1csc2ccccc12. The average molecular weight is 302 g/mol. The Morgan fingerprint density at radius 2 is 1.90 bits per heavy atom. The van der Waals surface area contributed by atoms with E-state index in [0.29, 0.717) is 6.04 Å². The summed E-state index contributed by atoms with van der Waals surface area (Å²) in [6, 6.07) is 8.25. The first-order valence-corrected chi connectivity index (χ1v) is 8.65. The minimum atomic E-state index is -0.371. The lowest BCUT2D eigenvalue weighted by molar-refractivity contribution is -0.120. The summed E-state index contributed by atoms with van der Waals surface area (Å²) < 4.78 is 1.21. The average Bonchev–Trinajstić information content (AvgIpc) is 2.73. The molecule has 1 heterocycles. The lowest BCUT2D eigenvalue weighted by Gasteiger charge is -2.22. The second-order valence-corrected chi connectivity index (χ2v) is 6.79. The predicted octanol–water partition coefficient (Wildman–Crippen LogP) is 3.74. The van der Waals surface area contributed by atoms with Gasteiger partial charge in [-0.2, -0.15) is 0 Å². The second kappa shape index (κ2) is 6.58. The summed E-state index contributed by atoms with van der Waals surface area (Å²) in [5.41, 5.74) is 6.71. The summed E-state index contributed by atoms with van der Waals surface area (Å²) in [7, 11) is 0. The summed E-state index contributed by atoms with van der Waals surface area (Å²) in [6.45, 7) is 0. The molecule has 0 bridgehead atoms. The highest BCUT2D eigenvalue weighted by Crippen LogP contribution is 2.31. The van der Waals surface area contributed by atoms with E-state index < -0.39 is 0 Å². The molecule has 112 valence electrons. The molecular formula is C17H22N2OS. The normalized spacial score (nSPS) is 18.5. The zero-order valence-electron chi connectivity index (χ0n) is 12.2. The minimum Gasteiger partial charge on any atom is -0.368 e. The Hall–Kier alpha value is -1.39. The van der Waals surface area contributed by atoms with Crippen molar-refractivity contribution in [2.24, 2.45) is 5.73 Å². The number of primary amides is 1. The summed E-state index contributed by atoms with van der Waals surface area (Å²) >= 11 is 1.68. The van der Waals surface area contributed by atoms with Crippen molar-refractivity contribution in [2.75, 3.05) is 0 Å². The molecule has 0 spiro atoms. The fraction of sp³-hybridized carbons (Fsp3) is 0.471. The first kappa shape index (κ1) is 14.5. The molecule has 1 atom stereocenters. The van der Waals surface area contributed by atoms with E-state index in [9.17, 15) is 4.79 Å². The number of nitrogens with two attached hydrogens (primary N) is 1. The van der Waals surface area contributed by atoms with E-state index in [1.54, 1.807) is 11.3 Å². The van der Waals surface area contributed by atoms with Gasteiger partial charge in [-0.15, -0.1) is 11.3 Å². The molecular weight excluding hydrogens is 280 g/mol. The molecule has 0 saturated heterocycles. The highest BCUT2D eigenvalue weighted by Gasteiger charge is 2.24. The third-order valence-corrected chi connectivity index (χ3v) is 5.35. The van der Waals surface area contributed by atoms with E-state index in [2.05, 4.69) is 22.8 Å². The zero-order valence-corrected chi connectivity index (χ0v) is 13.0. The van der Waals surface area contributed by atoms with E-state index in [4.69, 9.17) is 5.73 Å². The number of carbonyl (C=O) groups is 1. The van der Waals surface area contributed by atoms with Crippen molar-refractivity contribution in [1.82, 2.24) is 5.32 Å². The van der Waals surface area contributed by atoms with Crippen LogP contribution in [0.1, 0.15) is 50.1 Å². The molecule has 0 aliphatic heterocycles. The first-order chi connectivity index (χ1) is 10.3. The number of carbonyl (C=O) groups excluding carboxylic acids is 1. The van der Waals surface area contributed by atoms with Crippen LogP contribution in [0.15, 0.2) is 29.6 Å². The fourth-order valence-corrected chi connectivity index (χ4v) is 4.22. The Bertz CT molecular complexity index is 614. The summed E-state index contributed by atoms with van der Waals surface area (Å²) in [4.78, 5) is 12.0. The molecule has 3 nitrogen and oxygen atoms in total. The first-order valence-electron chi connectivity index (χ1n) is 7.77. The van der Waals surface area contributed by atoms with Crippen molar-refractivity contribution in [3.63, 3.8) is 0 Å². The van der Waals surface area contributed by atoms with Crippen LogP contribution in [0.4, 0.5) is 0 Å². The van der Waals surface area contributed by atoms with Gasteiger partial charge in [-0.1, -0.05) is 43.9 Å². The molecule has 1 amide bonds. The molecule has 1 aromatic heterocycles. The monoisotopic (exact) mass is 302 g/mol. The Balaban J connectivity index is 1.85. The fourth-order valence-electron chi connectivity index (χ4n) is 3.23. The van der Waals surface area contributed by atoms with Gasteiger partial charge in [0.05, 0.1) is 0 Å². The van der Waals surface area contributed by atoms with Crippen molar-refractivity contribution in [1.29, 1.82) is 0 Å². The molecule has 1 unspecified atom stereocenters. The number of rotatable bonds is 4. The van der Waals surface area contributed by atoms with Crippen LogP contribution in [0, 0.1) is 0 Å². The molecule has 1 aromatic carbocycles. The van der Waals surface area contributed by atoms with Gasteiger partial charge in [0, 0.05) is 10.7 Å². The molecule has 21 heavy (non-hydrogen) atoms. The largest absolute Gasteiger partial charge is 0.368 e. The van der Waals surface area contributed by atoms with Crippen LogP contribution < -0.4 is 11.1 Å². The van der Waals surface area contributed by atoms with Crippen LogP contribution >= 0.6 is 11.3 Å². The highest BCUT2D eigenvalue weighted by molar-refractivity contribution is 7.17. The third kappa shape index (κ3) is 3.27. The van der Waals surface area contributed by atoms with Crippen LogP contribution in [0.5, 0.6) is 0 Å². The topological polar surface area (TPSA) is 55.1 Å². The lowest BCUT2D eigenvalue weighted by Crippen LogP contribution is -2.39. The van der Waals surface area contributed by atoms with Gasteiger partial charge in [0.25, 0.3) is 0 Å². The van der Waals surface area contributed by atoms with Gasteiger partial charge in [0.2, 0.25) is 5.91 Å². The zero-order chi connectivity index (χ0) is 14.7. The van der Waals surface area contributed by atoms with Crippen molar-refractivity contribution < 1.29 is 4.79 Å². The molecule has 3 rings (SSSR count). The molecule has 1 aliphatic carbocycles. The Kier molecular flexibility index (Phi) is 4.56. The second-order valence-electron chi connectivity index (χ2n) is 5.88. The Labute approximate surface area is 129 Å². The third-order valence-electron chi connectivity index (χ3n) is 4.36. The number of amides is 1. The van der Waals surface area contributed by atoms with Gasteiger partial charge >= 0.3 is 0 Å². The standard InChI is InChI=1S/C17H22N2OS/c18-17(20)16(19-12-7-3-1-2-4-8-12)14-11-21-15-10-6-5-9-13(14)15/h5-6,9-12,16,19H,1-4,7-8H2,(H2,18,20). The molecule has 4 heteroatoms. The van der Waals surface area contributed by atoms with E-state index in [0.717, 1.165) is 23.8 Å². The van der Waals surface area contributed by atoms with Crippen LogP contribution in [-0.2, 0) is 4.79 Å². The van der Waals surface area contributed by atoms with Gasteiger partial charge in [-0.3, -0.25) is 10.1 Å². The summed E-state index contributed by atoms with van der Waals surface area (Å²) in [5, 5.41) is 6.74. The van der Waals surface area contributed by atoms with Crippen LogP contribution in [-0.4, -0.2) is 11.9 Å².